The van der Waals surface area contributed by atoms with Gasteiger partial charge in [0.2, 0.25) is 5.95 Å². The van der Waals surface area contributed by atoms with Gasteiger partial charge in [-0.25, -0.2) is 9.97 Å². The molecule has 2 aromatic rings. The second kappa shape index (κ2) is 8.41. The Hall–Kier alpha value is -1.90. The minimum absolute atomic E-state index is 0.0458. The lowest BCUT2D eigenvalue weighted by Gasteiger charge is -2.29. The molecule has 1 aromatic heterocycles. The van der Waals surface area contributed by atoms with Gasteiger partial charge in [0.1, 0.15) is 0 Å². The number of alkyl halides is 3. The fourth-order valence-corrected chi connectivity index (χ4v) is 2.99. The van der Waals surface area contributed by atoms with Crippen LogP contribution in [0.2, 0.25) is 5.02 Å². The van der Waals surface area contributed by atoms with Crippen LogP contribution in [0.4, 0.5) is 19.1 Å². The van der Waals surface area contributed by atoms with Gasteiger partial charge in [-0.3, -0.25) is 4.90 Å². The van der Waals surface area contributed by atoms with Gasteiger partial charge in [-0.1, -0.05) is 23.7 Å². The molecule has 1 atom stereocenters. The number of ether oxygens (including phenoxy) is 1. The largest absolute Gasteiger partial charge is 0.433 e. The van der Waals surface area contributed by atoms with Gasteiger partial charge in [-0.2, -0.15) is 13.2 Å². The van der Waals surface area contributed by atoms with Gasteiger partial charge >= 0.3 is 6.18 Å². The van der Waals surface area contributed by atoms with Crippen LogP contribution in [0.5, 0.6) is 0 Å². The molecule has 0 bridgehead atoms. The van der Waals surface area contributed by atoms with Gasteiger partial charge in [-0.05, 0) is 25.1 Å². The number of benzene rings is 1. The van der Waals surface area contributed by atoms with E-state index in [1.54, 1.807) is 24.3 Å². The van der Waals surface area contributed by atoms with Crippen molar-refractivity contribution in [1.82, 2.24) is 14.9 Å². The van der Waals surface area contributed by atoms with Gasteiger partial charge in [0.05, 0.1) is 18.9 Å². The maximum Gasteiger partial charge on any atom is 0.433 e. The van der Waals surface area contributed by atoms with Crippen LogP contribution in [0.25, 0.3) is 11.3 Å². The molecule has 2 heterocycles. The zero-order valence-corrected chi connectivity index (χ0v) is 15.5. The zero-order valence-electron chi connectivity index (χ0n) is 14.8. The summed E-state index contributed by atoms with van der Waals surface area (Å²) in [7, 11) is 0. The van der Waals surface area contributed by atoms with Crippen molar-refractivity contribution in [2.24, 2.45) is 0 Å². The molecule has 0 amide bonds. The van der Waals surface area contributed by atoms with Gasteiger partial charge in [0, 0.05) is 36.3 Å². The van der Waals surface area contributed by atoms with Gasteiger partial charge in [-0.15, -0.1) is 0 Å². The molecule has 1 aliphatic rings. The first kappa shape index (κ1) is 19.9. The number of hydrogen-bond donors (Lipinski definition) is 1. The van der Waals surface area contributed by atoms with Crippen LogP contribution in [0.15, 0.2) is 30.3 Å². The Kier molecular flexibility index (Phi) is 6.18. The fourth-order valence-electron chi connectivity index (χ4n) is 2.86. The smallest absolute Gasteiger partial charge is 0.379 e. The number of halogens is 4. The molecule has 1 aliphatic heterocycles. The summed E-state index contributed by atoms with van der Waals surface area (Å²) < 4.78 is 45.1. The minimum Gasteiger partial charge on any atom is -0.379 e. The second-order valence-electron chi connectivity index (χ2n) is 6.43. The third-order valence-electron chi connectivity index (χ3n) is 4.17. The van der Waals surface area contributed by atoms with E-state index in [9.17, 15) is 13.2 Å². The van der Waals surface area contributed by atoms with Crippen molar-refractivity contribution >= 4 is 17.5 Å². The van der Waals surface area contributed by atoms with Crippen LogP contribution in [0.3, 0.4) is 0 Å². The van der Waals surface area contributed by atoms with Crippen LogP contribution in [-0.4, -0.2) is 53.8 Å². The van der Waals surface area contributed by atoms with Crippen molar-refractivity contribution in [2.75, 3.05) is 38.2 Å². The predicted octanol–water partition coefficient (Wildman–Crippen LogP) is 3.95. The second-order valence-corrected chi connectivity index (χ2v) is 6.86. The van der Waals surface area contributed by atoms with E-state index in [1.807, 2.05) is 6.92 Å². The van der Waals surface area contributed by atoms with E-state index in [4.69, 9.17) is 16.3 Å². The normalized spacial score (nSPS) is 16.9. The summed E-state index contributed by atoms with van der Waals surface area (Å²) in [5, 5.41) is 3.49. The van der Waals surface area contributed by atoms with Gasteiger partial charge in [0.15, 0.2) is 5.69 Å². The highest BCUT2D eigenvalue weighted by Crippen LogP contribution is 2.31. The number of morpholine rings is 1. The van der Waals surface area contributed by atoms with Gasteiger partial charge < -0.3 is 10.1 Å². The van der Waals surface area contributed by atoms with Crippen molar-refractivity contribution in [2.45, 2.75) is 19.1 Å². The summed E-state index contributed by atoms with van der Waals surface area (Å²) in [6.07, 6.45) is -4.56. The van der Waals surface area contributed by atoms with E-state index in [2.05, 4.69) is 20.2 Å². The summed E-state index contributed by atoms with van der Waals surface area (Å²) in [6, 6.07) is 7.31. The zero-order chi connectivity index (χ0) is 19.4. The molecule has 0 radical (unpaired) electrons. The molecule has 146 valence electrons. The number of anilines is 1. The summed E-state index contributed by atoms with van der Waals surface area (Å²) in [5.74, 6) is -0.0458. The molecular weight excluding hydrogens is 381 g/mol. The number of nitrogens with one attached hydrogen (secondary N) is 1. The molecule has 1 aromatic carbocycles. The van der Waals surface area contributed by atoms with Crippen molar-refractivity contribution in [3.05, 3.63) is 41.0 Å². The Morgan fingerprint density at radius 2 is 1.85 bits per heavy atom. The third-order valence-corrected chi connectivity index (χ3v) is 4.42. The van der Waals surface area contributed by atoms with Gasteiger partial charge in [0.25, 0.3) is 0 Å². The van der Waals surface area contributed by atoms with Crippen molar-refractivity contribution in [3.8, 4) is 11.3 Å². The Morgan fingerprint density at radius 3 is 2.48 bits per heavy atom. The van der Waals surface area contributed by atoms with Crippen LogP contribution >= 0.6 is 11.6 Å². The van der Waals surface area contributed by atoms with E-state index in [1.165, 1.54) is 0 Å². The average Bonchev–Trinajstić information content (AvgIpc) is 2.62. The topological polar surface area (TPSA) is 50.3 Å². The van der Waals surface area contributed by atoms with Crippen molar-refractivity contribution in [3.63, 3.8) is 0 Å². The minimum atomic E-state index is -4.56. The molecule has 0 saturated carbocycles. The van der Waals surface area contributed by atoms with E-state index in [-0.39, 0.29) is 17.7 Å². The summed E-state index contributed by atoms with van der Waals surface area (Å²) >= 11 is 5.86. The standard InChI is InChI=1S/C18H20ClF3N4O/c1-12(11-26-6-8-27-9-7-26)23-17-24-15(10-16(25-17)18(20,21)22)13-2-4-14(19)5-3-13/h2-5,10,12H,6-9,11H2,1H3,(H,23,24,25)/t12-/m0/s1. The average molecular weight is 401 g/mol. The summed E-state index contributed by atoms with van der Waals surface area (Å²) in [5.41, 5.74) is -0.255. The fraction of sp³-hybridized carbons (Fsp3) is 0.444. The van der Waals surface area contributed by atoms with Crippen LogP contribution in [0.1, 0.15) is 12.6 Å². The molecule has 9 heteroatoms. The quantitative estimate of drug-likeness (QED) is 0.823. The molecule has 0 spiro atoms. The highest BCUT2D eigenvalue weighted by molar-refractivity contribution is 6.30. The van der Waals surface area contributed by atoms with Crippen LogP contribution in [0, 0.1) is 0 Å². The summed E-state index contributed by atoms with van der Waals surface area (Å²) in [4.78, 5) is 10.1. The Balaban J connectivity index is 1.82. The Morgan fingerprint density at radius 1 is 1.19 bits per heavy atom. The van der Waals surface area contributed by atoms with Crippen LogP contribution in [-0.2, 0) is 10.9 Å². The SMILES string of the molecule is C[C@@H](CN1CCOCC1)Nc1nc(-c2ccc(Cl)cc2)cc(C(F)(F)F)n1. The molecule has 1 fully saturated rings. The maximum atomic E-state index is 13.3. The van der Waals surface area contributed by atoms with Crippen molar-refractivity contribution < 1.29 is 17.9 Å². The molecule has 5 nitrogen and oxygen atoms in total. The molecule has 0 unspecified atom stereocenters. The first-order chi connectivity index (χ1) is 12.8. The number of aromatic nitrogens is 2. The Labute approximate surface area is 160 Å². The monoisotopic (exact) mass is 400 g/mol. The lowest BCUT2D eigenvalue weighted by Crippen LogP contribution is -2.42. The van der Waals surface area contributed by atoms with E-state index in [0.29, 0.717) is 30.3 Å². The lowest BCUT2D eigenvalue weighted by molar-refractivity contribution is -0.141. The number of rotatable bonds is 5. The molecule has 3 rings (SSSR count). The molecule has 0 aliphatic carbocycles. The number of hydrogen-bond acceptors (Lipinski definition) is 5. The van der Waals surface area contributed by atoms with Crippen molar-refractivity contribution in [1.29, 1.82) is 0 Å². The highest BCUT2D eigenvalue weighted by Gasteiger charge is 2.34. The molecule has 1 saturated heterocycles. The number of nitrogens with zero attached hydrogens (tertiary/aromatic N) is 3. The predicted molar refractivity (Wildman–Crippen MR) is 97.8 cm³/mol. The molecule has 1 N–H and O–H groups in total. The maximum absolute atomic E-state index is 13.3. The van der Waals surface area contributed by atoms with Crippen LogP contribution < -0.4 is 5.32 Å². The van der Waals surface area contributed by atoms with E-state index >= 15 is 0 Å². The Bertz CT molecular complexity index is 764. The van der Waals surface area contributed by atoms with E-state index < -0.39 is 11.9 Å². The first-order valence-electron chi connectivity index (χ1n) is 8.60. The van der Waals surface area contributed by atoms with E-state index in [0.717, 1.165) is 19.2 Å². The first-order valence-corrected chi connectivity index (χ1v) is 8.98. The molecule has 27 heavy (non-hydrogen) atoms. The molecular formula is C18H20ClF3N4O. The summed E-state index contributed by atoms with van der Waals surface area (Å²) in [6.45, 7) is 5.47. The highest BCUT2D eigenvalue weighted by atomic mass is 35.5. The lowest BCUT2D eigenvalue weighted by atomic mass is 10.1. The third kappa shape index (κ3) is 5.54.